The summed E-state index contributed by atoms with van der Waals surface area (Å²) in [6.45, 7) is -0.616. The molecule has 3 aromatic heterocycles. The highest BCUT2D eigenvalue weighted by Gasteiger charge is 2.29. The van der Waals surface area contributed by atoms with Crippen molar-refractivity contribution in [3.05, 3.63) is 53.6 Å². The Balaban J connectivity index is 1.55. The van der Waals surface area contributed by atoms with Crippen molar-refractivity contribution in [3.63, 3.8) is 0 Å². The monoisotopic (exact) mass is 428 g/mol. The molecule has 0 bridgehead atoms. The summed E-state index contributed by atoms with van der Waals surface area (Å²) in [6, 6.07) is 7.44. The van der Waals surface area contributed by atoms with E-state index in [1.54, 1.807) is 31.1 Å². The van der Waals surface area contributed by atoms with E-state index >= 15 is 0 Å². The first kappa shape index (κ1) is 19.9. The van der Waals surface area contributed by atoms with Gasteiger partial charge in [0, 0.05) is 48.7 Å². The molecular weight excluding hydrogens is 407 g/mol. The minimum atomic E-state index is -0.616. The molecule has 0 saturated heterocycles. The van der Waals surface area contributed by atoms with Crippen LogP contribution in [0.4, 0.5) is 16.0 Å². The molecule has 4 aromatic rings. The van der Waals surface area contributed by atoms with Gasteiger partial charge in [-0.05, 0) is 37.1 Å². The molecule has 2 N–H and O–H groups in total. The maximum absolute atomic E-state index is 13.1. The van der Waals surface area contributed by atoms with Crippen LogP contribution >= 0.6 is 0 Å². The lowest BCUT2D eigenvalue weighted by molar-refractivity contribution is -0.117. The zero-order valence-corrected chi connectivity index (χ0v) is 17.7. The lowest BCUT2D eigenvalue weighted by Crippen LogP contribution is -2.14. The molecule has 1 saturated carbocycles. The maximum atomic E-state index is 13.1. The van der Waals surface area contributed by atoms with Crippen LogP contribution in [0.2, 0.25) is 0 Å². The number of hydrogen-bond donors (Lipinski definition) is 2. The maximum Gasteiger partial charge on any atom is 0.228 e. The molecule has 1 aliphatic carbocycles. The SMILES string of the molecule is CNc1ncc(C#Cc2ccc3nc(CF)n(C)c3c2)c2cc(NC(=O)C3CC3)ncc12. The van der Waals surface area contributed by atoms with E-state index in [0.29, 0.717) is 17.5 Å². The van der Waals surface area contributed by atoms with E-state index in [0.717, 1.165) is 45.8 Å². The number of hydrogen-bond acceptors (Lipinski definition) is 5. The second-order valence-corrected chi connectivity index (χ2v) is 7.82. The van der Waals surface area contributed by atoms with Gasteiger partial charge in [-0.3, -0.25) is 4.79 Å². The number of anilines is 2. The zero-order valence-electron chi connectivity index (χ0n) is 17.7. The molecule has 3 heterocycles. The minimum Gasteiger partial charge on any atom is -0.373 e. The van der Waals surface area contributed by atoms with E-state index in [2.05, 4.69) is 37.4 Å². The number of fused-ring (bicyclic) bond motifs is 2. The van der Waals surface area contributed by atoms with Crippen LogP contribution in [0.3, 0.4) is 0 Å². The number of carbonyl (C=O) groups excluding carboxylic acids is 1. The van der Waals surface area contributed by atoms with Gasteiger partial charge in [-0.1, -0.05) is 11.8 Å². The summed E-state index contributed by atoms with van der Waals surface area (Å²) in [4.78, 5) is 25.3. The number of aryl methyl sites for hydroxylation is 1. The number of nitrogens with zero attached hydrogens (tertiary/aromatic N) is 4. The van der Waals surface area contributed by atoms with Crippen LogP contribution in [0.5, 0.6) is 0 Å². The number of alkyl halides is 1. The minimum absolute atomic E-state index is 0.00417. The molecule has 5 rings (SSSR count). The van der Waals surface area contributed by atoms with Crippen LogP contribution in [0, 0.1) is 17.8 Å². The van der Waals surface area contributed by atoms with Gasteiger partial charge in [0.2, 0.25) is 5.91 Å². The normalized spacial score (nSPS) is 13.1. The van der Waals surface area contributed by atoms with Gasteiger partial charge in [0.25, 0.3) is 0 Å². The molecule has 0 radical (unpaired) electrons. The zero-order chi connectivity index (χ0) is 22.2. The van der Waals surface area contributed by atoms with Gasteiger partial charge >= 0.3 is 0 Å². The van der Waals surface area contributed by atoms with Crippen molar-refractivity contribution < 1.29 is 9.18 Å². The molecule has 160 valence electrons. The standard InChI is InChI=1S/C24H21FN6O/c1-26-23-18-13-27-21(30-24(32)15-6-7-15)10-17(18)16(12-28-23)5-3-14-4-8-19-20(9-14)31(2)22(11-25)29-19/h4,8-10,12-13,15H,6-7,11H2,1-2H3,(H,26,28)(H,27,30,32). The Kier molecular flexibility index (Phi) is 4.94. The molecule has 7 nitrogen and oxygen atoms in total. The summed E-state index contributed by atoms with van der Waals surface area (Å²) >= 11 is 0. The predicted octanol–water partition coefficient (Wildman–Crippen LogP) is 3.78. The highest BCUT2D eigenvalue weighted by atomic mass is 19.1. The Hall–Kier alpha value is -3.99. The third-order valence-corrected chi connectivity index (χ3v) is 5.64. The van der Waals surface area contributed by atoms with E-state index in [1.165, 1.54) is 0 Å². The number of halogens is 1. The predicted molar refractivity (Wildman–Crippen MR) is 122 cm³/mol. The highest BCUT2D eigenvalue weighted by molar-refractivity contribution is 5.99. The Morgan fingerprint density at radius 2 is 2.03 bits per heavy atom. The summed E-state index contributed by atoms with van der Waals surface area (Å²) in [5.74, 6) is 8.04. The summed E-state index contributed by atoms with van der Waals surface area (Å²) in [6.07, 6.45) is 5.26. The first-order chi connectivity index (χ1) is 15.6. The molecule has 32 heavy (non-hydrogen) atoms. The third-order valence-electron chi connectivity index (χ3n) is 5.64. The van der Waals surface area contributed by atoms with Crippen molar-refractivity contribution in [2.24, 2.45) is 13.0 Å². The van der Waals surface area contributed by atoms with Crippen LogP contribution < -0.4 is 10.6 Å². The Morgan fingerprint density at radius 1 is 1.19 bits per heavy atom. The van der Waals surface area contributed by atoms with Crippen molar-refractivity contribution in [2.75, 3.05) is 17.7 Å². The molecule has 1 fully saturated rings. The van der Waals surface area contributed by atoms with Crippen molar-refractivity contribution in [2.45, 2.75) is 19.5 Å². The third kappa shape index (κ3) is 3.62. The fourth-order valence-corrected chi connectivity index (χ4v) is 3.65. The molecule has 0 aliphatic heterocycles. The van der Waals surface area contributed by atoms with Crippen molar-refractivity contribution >= 4 is 39.3 Å². The van der Waals surface area contributed by atoms with Crippen molar-refractivity contribution in [1.82, 2.24) is 19.5 Å². The number of benzene rings is 1. The van der Waals surface area contributed by atoms with E-state index in [-0.39, 0.29) is 11.8 Å². The summed E-state index contributed by atoms with van der Waals surface area (Å²) in [5.41, 5.74) is 3.07. The molecule has 0 atom stereocenters. The highest BCUT2D eigenvalue weighted by Crippen LogP contribution is 2.31. The smallest absolute Gasteiger partial charge is 0.228 e. The molecule has 0 spiro atoms. The van der Waals surface area contributed by atoms with E-state index in [4.69, 9.17) is 0 Å². The van der Waals surface area contributed by atoms with Gasteiger partial charge in [0.05, 0.1) is 16.6 Å². The number of imidazole rings is 1. The summed E-state index contributed by atoms with van der Waals surface area (Å²) in [5, 5.41) is 7.62. The molecule has 8 heteroatoms. The summed E-state index contributed by atoms with van der Waals surface area (Å²) < 4.78 is 14.8. The second-order valence-electron chi connectivity index (χ2n) is 7.82. The van der Waals surface area contributed by atoms with E-state index in [9.17, 15) is 9.18 Å². The fraction of sp³-hybridized carbons (Fsp3) is 0.250. The number of carbonyl (C=O) groups is 1. The molecule has 1 aromatic carbocycles. The number of aromatic nitrogens is 4. The van der Waals surface area contributed by atoms with Crippen LogP contribution in [-0.4, -0.2) is 32.5 Å². The fourth-order valence-electron chi connectivity index (χ4n) is 3.65. The van der Waals surface area contributed by atoms with Gasteiger partial charge in [-0.15, -0.1) is 0 Å². The average Bonchev–Trinajstić information content (AvgIpc) is 3.62. The number of rotatable bonds is 4. The van der Waals surface area contributed by atoms with Gasteiger partial charge in [-0.2, -0.15) is 0 Å². The number of amides is 1. The molecule has 1 amide bonds. The first-order valence-electron chi connectivity index (χ1n) is 10.4. The topological polar surface area (TPSA) is 84.7 Å². The van der Waals surface area contributed by atoms with Gasteiger partial charge in [-0.25, -0.2) is 19.3 Å². The Labute approximate surface area is 184 Å². The number of pyridine rings is 2. The van der Waals surface area contributed by atoms with Crippen LogP contribution in [0.15, 0.2) is 36.7 Å². The lowest BCUT2D eigenvalue weighted by Gasteiger charge is -2.09. The van der Waals surface area contributed by atoms with Crippen molar-refractivity contribution in [1.29, 1.82) is 0 Å². The van der Waals surface area contributed by atoms with Gasteiger partial charge < -0.3 is 15.2 Å². The summed E-state index contributed by atoms with van der Waals surface area (Å²) in [7, 11) is 3.59. The largest absolute Gasteiger partial charge is 0.373 e. The Morgan fingerprint density at radius 3 is 2.78 bits per heavy atom. The lowest BCUT2D eigenvalue weighted by atomic mass is 10.1. The quantitative estimate of drug-likeness (QED) is 0.484. The number of nitrogens with one attached hydrogen (secondary N) is 2. The van der Waals surface area contributed by atoms with Crippen LogP contribution in [-0.2, 0) is 18.5 Å². The first-order valence-corrected chi connectivity index (χ1v) is 10.4. The molecule has 0 unspecified atom stereocenters. The van der Waals surface area contributed by atoms with Gasteiger partial charge in [0.1, 0.15) is 24.1 Å². The van der Waals surface area contributed by atoms with Crippen LogP contribution in [0.1, 0.15) is 29.8 Å². The van der Waals surface area contributed by atoms with Crippen LogP contribution in [0.25, 0.3) is 21.8 Å². The van der Waals surface area contributed by atoms with Gasteiger partial charge in [0.15, 0.2) is 0 Å². The van der Waals surface area contributed by atoms with Crippen molar-refractivity contribution in [3.8, 4) is 11.8 Å². The van der Waals surface area contributed by atoms with E-state index in [1.807, 2.05) is 24.3 Å². The Bertz CT molecular complexity index is 1430. The molecule has 1 aliphatic rings. The molecular formula is C24H21FN6O. The average molecular weight is 428 g/mol. The second kappa shape index (κ2) is 7.93. The van der Waals surface area contributed by atoms with E-state index < -0.39 is 6.67 Å².